The van der Waals surface area contributed by atoms with Gasteiger partial charge in [0.1, 0.15) is 0 Å². The summed E-state index contributed by atoms with van der Waals surface area (Å²) in [6.45, 7) is 7.21. The Morgan fingerprint density at radius 3 is 2.30 bits per heavy atom. The molecule has 2 nitrogen and oxygen atoms in total. The molecule has 0 radical (unpaired) electrons. The molecule has 0 aliphatic heterocycles. The predicted octanol–water partition coefficient (Wildman–Crippen LogP) is 3.83. The summed E-state index contributed by atoms with van der Waals surface area (Å²) >= 11 is 0. The monoisotopic (exact) mass is 284 g/mol. The zero-order valence-corrected chi connectivity index (χ0v) is 12.7. The maximum atomic E-state index is 12.4. The minimum Gasteiger partial charge on any atom is -0.313 e. The van der Waals surface area contributed by atoms with Gasteiger partial charge in [0.2, 0.25) is 0 Å². The third-order valence-corrected chi connectivity index (χ3v) is 3.56. The summed E-state index contributed by atoms with van der Waals surface area (Å²) in [6.07, 6.45) is -0.0759. The maximum absolute atomic E-state index is 12.4. The van der Waals surface area contributed by atoms with Crippen LogP contribution in [0.25, 0.3) is 0 Å². The Kier molecular flexibility index (Phi) is 7.70. The van der Waals surface area contributed by atoms with Crippen molar-refractivity contribution in [3.63, 3.8) is 0 Å². The Morgan fingerprint density at radius 2 is 1.75 bits per heavy atom. The minimum atomic E-state index is -2.38. The third kappa shape index (κ3) is 6.44. The molecule has 0 unspecified atom stereocenters. The van der Waals surface area contributed by atoms with Crippen molar-refractivity contribution in [2.75, 3.05) is 20.1 Å². The van der Waals surface area contributed by atoms with Gasteiger partial charge in [0.05, 0.1) is 0 Å². The fraction of sp³-hybridized carbons (Fsp3) is 0.625. The molecule has 4 heteroatoms. The molecule has 0 heterocycles. The Labute approximate surface area is 121 Å². The van der Waals surface area contributed by atoms with Crippen LogP contribution in [0.3, 0.4) is 0 Å². The number of nitrogens with zero attached hydrogens (tertiary/aromatic N) is 1. The number of hydrogen-bond donors (Lipinski definition) is 1. The van der Waals surface area contributed by atoms with E-state index in [0.29, 0.717) is 6.04 Å². The van der Waals surface area contributed by atoms with Gasteiger partial charge < -0.3 is 10.2 Å². The van der Waals surface area contributed by atoms with Gasteiger partial charge in [-0.1, -0.05) is 24.3 Å². The van der Waals surface area contributed by atoms with Crippen LogP contribution >= 0.6 is 0 Å². The highest BCUT2D eigenvalue weighted by Crippen LogP contribution is 2.18. The van der Waals surface area contributed by atoms with E-state index in [4.69, 9.17) is 0 Å². The van der Waals surface area contributed by atoms with Crippen molar-refractivity contribution in [2.24, 2.45) is 0 Å². The van der Waals surface area contributed by atoms with Gasteiger partial charge in [0.15, 0.2) is 0 Å². The molecule has 20 heavy (non-hydrogen) atoms. The number of benzene rings is 1. The van der Waals surface area contributed by atoms with Gasteiger partial charge in [-0.25, -0.2) is 8.78 Å². The van der Waals surface area contributed by atoms with Crippen molar-refractivity contribution in [2.45, 2.75) is 45.7 Å². The van der Waals surface area contributed by atoms with Gasteiger partial charge in [0.25, 0.3) is 6.43 Å². The minimum absolute atomic E-state index is 0.0884. The van der Waals surface area contributed by atoms with Crippen LogP contribution in [0.4, 0.5) is 8.78 Å². The number of halogens is 2. The molecule has 1 aromatic carbocycles. The molecule has 0 amide bonds. The average molecular weight is 284 g/mol. The molecule has 0 aliphatic rings. The summed E-state index contributed by atoms with van der Waals surface area (Å²) in [6, 6.07) is 7.12. The standard InChI is InChI=1S/C16H26F2N2/c1-13(2)20(3)11-5-4-10-19-12-14-6-8-15(9-7-14)16(17)18/h6-9,13,16,19H,4-5,10-12H2,1-3H3. The number of hydrogen-bond acceptors (Lipinski definition) is 2. The predicted molar refractivity (Wildman–Crippen MR) is 80.1 cm³/mol. The summed E-state index contributed by atoms with van der Waals surface area (Å²) in [7, 11) is 2.14. The van der Waals surface area contributed by atoms with Crippen LogP contribution < -0.4 is 5.32 Å². The number of rotatable bonds is 9. The first-order chi connectivity index (χ1) is 9.50. The average Bonchev–Trinajstić information content (AvgIpc) is 2.42. The Morgan fingerprint density at radius 1 is 1.10 bits per heavy atom. The van der Waals surface area contributed by atoms with Gasteiger partial charge in [-0.2, -0.15) is 0 Å². The van der Waals surface area contributed by atoms with Crippen LogP contribution in [0.1, 0.15) is 44.2 Å². The van der Waals surface area contributed by atoms with Crippen LogP contribution in [0.2, 0.25) is 0 Å². The number of unbranched alkanes of at least 4 members (excludes halogenated alkanes) is 1. The molecule has 1 rings (SSSR count). The van der Waals surface area contributed by atoms with Gasteiger partial charge in [-0.15, -0.1) is 0 Å². The van der Waals surface area contributed by atoms with Crippen LogP contribution in [0, 0.1) is 0 Å². The van der Waals surface area contributed by atoms with Crippen molar-refractivity contribution in [1.29, 1.82) is 0 Å². The van der Waals surface area contributed by atoms with Crippen molar-refractivity contribution in [1.82, 2.24) is 10.2 Å². The molecule has 1 aromatic rings. The lowest BCUT2D eigenvalue weighted by Gasteiger charge is -2.20. The molecule has 114 valence electrons. The fourth-order valence-electron chi connectivity index (χ4n) is 1.88. The Balaban J connectivity index is 2.12. The summed E-state index contributed by atoms with van der Waals surface area (Å²) in [5.74, 6) is 0. The van der Waals surface area contributed by atoms with Crippen LogP contribution in [0.15, 0.2) is 24.3 Å². The Hall–Kier alpha value is -1.00. The molecule has 1 N–H and O–H groups in total. The largest absolute Gasteiger partial charge is 0.313 e. The number of nitrogens with one attached hydrogen (secondary N) is 1. The van der Waals surface area contributed by atoms with E-state index in [2.05, 4.69) is 31.1 Å². The second-order valence-electron chi connectivity index (χ2n) is 5.50. The lowest BCUT2D eigenvalue weighted by Crippen LogP contribution is -2.27. The van der Waals surface area contributed by atoms with E-state index < -0.39 is 6.43 Å². The van der Waals surface area contributed by atoms with E-state index in [1.54, 1.807) is 12.1 Å². The second kappa shape index (κ2) is 9.03. The maximum Gasteiger partial charge on any atom is 0.263 e. The highest BCUT2D eigenvalue weighted by molar-refractivity contribution is 5.23. The summed E-state index contributed by atoms with van der Waals surface area (Å²) in [5, 5.41) is 3.35. The van der Waals surface area contributed by atoms with E-state index in [0.717, 1.165) is 31.6 Å². The highest BCUT2D eigenvalue weighted by Gasteiger charge is 2.05. The van der Waals surface area contributed by atoms with Crippen molar-refractivity contribution in [3.8, 4) is 0 Å². The van der Waals surface area contributed by atoms with E-state index >= 15 is 0 Å². The first kappa shape index (κ1) is 17.1. The van der Waals surface area contributed by atoms with E-state index in [1.165, 1.54) is 18.6 Å². The molecular weight excluding hydrogens is 258 g/mol. The lowest BCUT2D eigenvalue weighted by molar-refractivity contribution is 0.151. The lowest BCUT2D eigenvalue weighted by atomic mass is 10.1. The van der Waals surface area contributed by atoms with Gasteiger partial charge >= 0.3 is 0 Å². The molecule has 0 saturated heterocycles. The first-order valence-electron chi connectivity index (χ1n) is 7.28. The first-order valence-corrected chi connectivity index (χ1v) is 7.28. The number of alkyl halides is 2. The van der Waals surface area contributed by atoms with E-state index in [1.807, 2.05) is 0 Å². The van der Waals surface area contributed by atoms with Gasteiger partial charge in [0, 0.05) is 18.2 Å². The summed E-state index contributed by atoms with van der Waals surface area (Å²) < 4.78 is 24.8. The molecule has 0 aliphatic carbocycles. The molecular formula is C16H26F2N2. The van der Waals surface area contributed by atoms with Crippen molar-refractivity contribution < 1.29 is 8.78 Å². The third-order valence-electron chi connectivity index (χ3n) is 3.56. The smallest absolute Gasteiger partial charge is 0.263 e. The molecule has 0 saturated carbocycles. The van der Waals surface area contributed by atoms with Crippen LogP contribution in [-0.2, 0) is 6.54 Å². The molecule has 0 aromatic heterocycles. The van der Waals surface area contributed by atoms with E-state index in [-0.39, 0.29) is 5.56 Å². The molecule has 0 spiro atoms. The van der Waals surface area contributed by atoms with Crippen molar-refractivity contribution >= 4 is 0 Å². The summed E-state index contributed by atoms with van der Waals surface area (Å²) in [5.41, 5.74) is 1.14. The van der Waals surface area contributed by atoms with Gasteiger partial charge in [-0.3, -0.25) is 0 Å². The summed E-state index contributed by atoms with van der Waals surface area (Å²) in [4.78, 5) is 2.34. The van der Waals surface area contributed by atoms with E-state index in [9.17, 15) is 8.78 Å². The topological polar surface area (TPSA) is 15.3 Å². The molecule has 0 fully saturated rings. The molecule has 0 bridgehead atoms. The SMILES string of the molecule is CC(C)N(C)CCCCNCc1ccc(C(F)F)cc1. The zero-order valence-electron chi connectivity index (χ0n) is 12.7. The fourth-order valence-corrected chi connectivity index (χ4v) is 1.88. The normalized spacial score (nSPS) is 11.8. The second-order valence-corrected chi connectivity index (χ2v) is 5.50. The van der Waals surface area contributed by atoms with Crippen LogP contribution in [0.5, 0.6) is 0 Å². The zero-order chi connectivity index (χ0) is 15.0. The molecule has 0 atom stereocenters. The van der Waals surface area contributed by atoms with Crippen molar-refractivity contribution in [3.05, 3.63) is 35.4 Å². The highest BCUT2D eigenvalue weighted by atomic mass is 19.3. The Bertz CT molecular complexity index is 363. The van der Waals surface area contributed by atoms with Gasteiger partial charge in [-0.05, 0) is 52.4 Å². The quantitative estimate of drug-likeness (QED) is 0.693. The van der Waals surface area contributed by atoms with Crippen LogP contribution in [-0.4, -0.2) is 31.1 Å².